The van der Waals surface area contributed by atoms with Crippen LogP contribution in [0.3, 0.4) is 0 Å². The Morgan fingerprint density at radius 2 is 2.11 bits per heavy atom. The van der Waals surface area contributed by atoms with Crippen molar-refractivity contribution in [1.82, 2.24) is 20.1 Å². The van der Waals surface area contributed by atoms with Gasteiger partial charge in [0, 0.05) is 16.6 Å². The number of amides is 1. The number of rotatable bonds is 7. The predicted octanol–water partition coefficient (Wildman–Crippen LogP) is 4.81. The second-order valence-corrected chi connectivity index (χ2v) is 12.1. The summed E-state index contributed by atoms with van der Waals surface area (Å²) in [6.45, 7) is 7.54. The van der Waals surface area contributed by atoms with Gasteiger partial charge in [0.05, 0.1) is 16.4 Å². The van der Waals surface area contributed by atoms with Crippen LogP contribution in [0.25, 0.3) is 11.5 Å². The number of fused-ring (bicyclic) bond motifs is 1. The number of anilines is 1. The molecule has 198 valence electrons. The van der Waals surface area contributed by atoms with E-state index in [0.29, 0.717) is 28.6 Å². The molecule has 3 heterocycles. The summed E-state index contributed by atoms with van der Waals surface area (Å²) in [4.78, 5) is 37.8. The normalized spacial score (nSPS) is 19.7. The van der Waals surface area contributed by atoms with E-state index in [1.165, 1.54) is 17.5 Å². The second kappa shape index (κ2) is 9.47. The van der Waals surface area contributed by atoms with E-state index in [1.807, 2.05) is 6.92 Å². The number of carbonyl (C=O) groups is 2. The first-order chi connectivity index (χ1) is 18.1. The summed E-state index contributed by atoms with van der Waals surface area (Å²) < 4.78 is 16.8. The van der Waals surface area contributed by atoms with Crippen molar-refractivity contribution >= 4 is 28.7 Å². The van der Waals surface area contributed by atoms with Crippen LogP contribution in [0.2, 0.25) is 0 Å². The van der Waals surface area contributed by atoms with Gasteiger partial charge < -0.3 is 18.8 Å². The van der Waals surface area contributed by atoms with Crippen LogP contribution in [0, 0.1) is 16.7 Å². The minimum atomic E-state index is -0.733. The van der Waals surface area contributed by atoms with E-state index in [-0.39, 0.29) is 18.4 Å². The number of ether oxygens (including phenoxy) is 2. The Labute approximate surface area is 223 Å². The zero-order valence-electron chi connectivity index (χ0n) is 21.7. The molecule has 3 aromatic rings. The average Bonchev–Trinajstić information content (AvgIpc) is 3.29. The molecule has 1 amide bonds. The van der Waals surface area contributed by atoms with Crippen LogP contribution in [-0.2, 0) is 21.4 Å². The molecule has 5 rings (SSSR count). The van der Waals surface area contributed by atoms with Gasteiger partial charge in [0.25, 0.3) is 0 Å². The fraction of sp³-hybridized carbons (Fsp3) is 0.500. The Morgan fingerprint density at radius 1 is 1.32 bits per heavy atom. The number of nitrogens with zero attached hydrogens (tertiary/aromatic N) is 5. The molecular formula is C26H28N6O5S. The molecule has 0 unspecified atom stereocenters. The Hall–Kier alpha value is -3.85. The third-order valence-corrected chi connectivity index (χ3v) is 7.90. The summed E-state index contributed by atoms with van der Waals surface area (Å²) in [7, 11) is 0. The molecule has 0 aliphatic heterocycles. The summed E-state index contributed by atoms with van der Waals surface area (Å²) in [6.07, 6.45) is 5.76. The van der Waals surface area contributed by atoms with Gasteiger partial charge in [-0.15, -0.1) is 11.3 Å². The van der Waals surface area contributed by atoms with E-state index >= 15 is 0 Å². The fourth-order valence-corrected chi connectivity index (χ4v) is 5.83. The topological polar surface area (TPSA) is 153 Å². The monoisotopic (exact) mass is 536 g/mol. The van der Waals surface area contributed by atoms with Crippen molar-refractivity contribution in [2.75, 3.05) is 11.9 Å². The van der Waals surface area contributed by atoms with Gasteiger partial charge in [-0.25, -0.2) is 9.78 Å². The second-order valence-electron chi connectivity index (χ2n) is 10.9. The van der Waals surface area contributed by atoms with Gasteiger partial charge in [0.15, 0.2) is 0 Å². The average molecular weight is 537 g/mol. The molecule has 11 nitrogen and oxygen atoms in total. The van der Waals surface area contributed by atoms with Gasteiger partial charge in [-0.2, -0.15) is 15.2 Å². The Balaban J connectivity index is 1.42. The van der Waals surface area contributed by atoms with Crippen molar-refractivity contribution in [2.45, 2.75) is 70.8 Å². The number of thiophene rings is 1. The smallest absolute Gasteiger partial charge is 0.412 e. The predicted molar refractivity (Wildman–Crippen MR) is 137 cm³/mol. The van der Waals surface area contributed by atoms with E-state index in [1.54, 1.807) is 26.8 Å². The fourth-order valence-electron chi connectivity index (χ4n) is 4.52. The van der Waals surface area contributed by atoms with Gasteiger partial charge in [-0.1, -0.05) is 5.16 Å². The summed E-state index contributed by atoms with van der Waals surface area (Å²) >= 11 is 1.37. The number of aldehydes is 1. The number of nitrogens with one attached hydrogen (secondary N) is 1. The molecule has 3 aromatic heterocycles. The highest BCUT2D eigenvalue weighted by Crippen LogP contribution is 2.49. The number of nitriles is 1. The molecule has 0 spiro atoms. The van der Waals surface area contributed by atoms with Gasteiger partial charge >= 0.3 is 12.1 Å². The quantitative estimate of drug-likeness (QED) is 0.416. The molecule has 1 N–H and O–H groups in total. The van der Waals surface area contributed by atoms with Gasteiger partial charge in [0.1, 0.15) is 35.3 Å². The van der Waals surface area contributed by atoms with E-state index in [0.717, 1.165) is 42.4 Å². The largest absolute Gasteiger partial charge is 0.462 e. The highest BCUT2D eigenvalue weighted by Gasteiger charge is 2.44. The van der Waals surface area contributed by atoms with E-state index in [9.17, 15) is 14.9 Å². The van der Waals surface area contributed by atoms with E-state index in [2.05, 4.69) is 31.5 Å². The van der Waals surface area contributed by atoms with Gasteiger partial charge in [-0.05, 0) is 65.9 Å². The van der Waals surface area contributed by atoms with Crippen molar-refractivity contribution in [3.63, 3.8) is 0 Å². The van der Waals surface area contributed by atoms with E-state index in [4.69, 9.17) is 14.0 Å². The number of carbonyl (C=O) groups excluding carboxylic acids is 2. The van der Waals surface area contributed by atoms with E-state index < -0.39 is 22.5 Å². The minimum Gasteiger partial charge on any atom is -0.462 e. The van der Waals surface area contributed by atoms with Crippen molar-refractivity contribution in [2.24, 2.45) is 5.41 Å². The number of hydrogen-bond donors (Lipinski definition) is 1. The Morgan fingerprint density at radius 3 is 2.79 bits per heavy atom. The highest BCUT2D eigenvalue weighted by molar-refractivity contribution is 7.16. The lowest BCUT2D eigenvalue weighted by atomic mass is 9.72. The molecule has 1 atom stereocenters. The lowest BCUT2D eigenvalue weighted by molar-refractivity contribution is -0.113. The molecule has 38 heavy (non-hydrogen) atoms. The highest BCUT2D eigenvalue weighted by atomic mass is 32.1. The summed E-state index contributed by atoms with van der Waals surface area (Å²) in [5.41, 5.74) is -0.251. The first-order valence-electron chi connectivity index (χ1n) is 12.4. The standard InChI is InChI=1S/C26H28N6O5S/c1-24(2,3)36-23(34)31-20-15(12-27)18-17(38-20)6-5-8-25(18,4)21-30-19(32-37-21)16-7-11-28-22(29-16)35-14-26(13-33)9-10-26/h7,11,13H,5-6,8-10,14H2,1-4H3,(H,31,34)/t25-/m0/s1. The molecule has 2 aliphatic carbocycles. The lowest BCUT2D eigenvalue weighted by Gasteiger charge is -2.30. The van der Waals surface area contributed by atoms with Crippen LogP contribution in [0.5, 0.6) is 6.01 Å². The maximum absolute atomic E-state index is 12.4. The van der Waals surface area contributed by atoms with Crippen LogP contribution < -0.4 is 10.1 Å². The Bertz CT molecular complexity index is 1430. The first kappa shape index (κ1) is 25.8. The molecule has 0 bridgehead atoms. The van der Waals surface area contributed by atoms with Gasteiger partial charge in [-0.3, -0.25) is 5.32 Å². The molecule has 1 fully saturated rings. The SMILES string of the molecule is CC(C)(C)OC(=O)Nc1sc2c(c1C#N)[C@@](C)(c1nc(-c3ccnc(OCC4(C=O)CC4)n3)no1)CCC2. The van der Waals surface area contributed by atoms with Crippen LogP contribution in [0.15, 0.2) is 16.8 Å². The lowest BCUT2D eigenvalue weighted by Crippen LogP contribution is -2.29. The summed E-state index contributed by atoms with van der Waals surface area (Å²) in [5, 5.41) is 17.4. The Kier molecular flexibility index (Phi) is 6.43. The van der Waals surface area contributed by atoms with Crippen molar-refractivity contribution in [1.29, 1.82) is 5.26 Å². The first-order valence-corrected chi connectivity index (χ1v) is 13.2. The van der Waals surface area contributed by atoms with Crippen LogP contribution in [0.4, 0.5) is 9.80 Å². The molecule has 0 radical (unpaired) electrons. The summed E-state index contributed by atoms with van der Waals surface area (Å²) in [6, 6.07) is 4.05. The number of hydrogen-bond acceptors (Lipinski definition) is 11. The van der Waals surface area contributed by atoms with Crippen molar-refractivity contribution in [3.05, 3.63) is 34.2 Å². The third-order valence-electron chi connectivity index (χ3n) is 6.73. The number of aromatic nitrogens is 4. The number of aryl methyl sites for hydroxylation is 1. The zero-order chi connectivity index (χ0) is 27.1. The molecule has 2 aliphatic rings. The van der Waals surface area contributed by atoms with Crippen LogP contribution >= 0.6 is 11.3 Å². The van der Waals surface area contributed by atoms with Crippen LogP contribution in [0.1, 0.15) is 75.3 Å². The molecule has 1 saturated carbocycles. The maximum Gasteiger partial charge on any atom is 0.412 e. The molecule has 0 aromatic carbocycles. The molecule has 12 heteroatoms. The minimum absolute atomic E-state index is 0.135. The van der Waals surface area contributed by atoms with Gasteiger partial charge in [0.2, 0.25) is 11.7 Å². The summed E-state index contributed by atoms with van der Waals surface area (Å²) in [5.74, 6) is 0.614. The zero-order valence-corrected chi connectivity index (χ0v) is 22.5. The third kappa shape index (κ3) is 4.98. The molecule has 0 saturated heterocycles. The maximum atomic E-state index is 12.4. The van der Waals surface area contributed by atoms with Crippen LogP contribution in [-0.4, -0.2) is 44.7 Å². The van der Waals surface area contributed by atoms with Crippen molar-refractivity contribution < 1.29 is 23.6 Å². The molecular weight excluding hydrogens is 508 g/mol. The van der Waals surface area contributed by atoms with Crippen molar-refractivity contribution in [3.8, 4) is 23.6 Å².